The van der Waals surface area contributed by atoms with Crippen LogP contribution >= 0.6 is 0 Å². The molecule has 0 aliphatic carbocycles. The van der Waals surface area contributed by atoms with Crippen molar-refractivity contribution < 1.29 is 13.2 Å². The van der Waals surface area contributed by atoms with Crippen molar-refractivity contribution in [1.82, 2.24) is 15.0 Å². The molecule has 0 spiro atoms. The summed E-state index contributed by atoms with van der Waals surface area (Å²) in [4.78, 5) is 15.2. The third kappa shape index (κ3) is 3.95. The van der Waals surface area contributed by atoms with Crippen molar-refractivity contribution in [3.8, 4) is 0 Å². The van der Waals surface area contributed by atoms with Crippen LogP contribution in [0.4, 0.5) is 0 Å². The molecule has 0 fully saturated rings. The van der Waals surface area contributed by atoms with Crippen molar-refractivity contribution in [1.29, 1.82) is 0 Å². The fraction of sp³-hybridized carbons (Fsp3) is 0.333. The minimum Gasteiger partial charge on any atom is -0.351 e. The number of carbonyl (C=O) groups is 1. The van der Waals surface area contributed by atoms with E-state index in [1.807, 2.05) is 0 Å². The molecular formula is C9H13N3O3S. The average Bonchev–Trinajstić information content (AvgIpc) is 2.30. The van der Waals surface area contributed by atoms with Crippen LogP contribution in [0.2, 0.25) is 0 Å². The highest BCUT2D eigenvalue weighted by molar-refractivity contribution is 7.89. The molecule has 0 aliphatic rings. The van der Waals surface area contributed by atoms with E-state index in [0.717, 1.165) is 0 Å². The van der Waals surface area contributed by atoms with Crippen LogP contribution in [0.15, 0.2) is 24.5 Å². The minimum atomic E-state index is -3.27. The van der Waals surface area contributed by atoms with Crippen molar-refractivity contribution in [2.24, 2.45) is 0 Å². The smallest absolute Gasteiger partial charge is 0.251 e. The molecule has 1 amide bonds. The lowest BCUT2D eigenvalue weighted by molar-refractivity contribution is 0.0956. The monoisotopic (exact) mass is 243 g/mol. The first kappa shape index (κ1) is 12.6. The molecule has 0 bridgehead atoms. The molecule has 0 unspecified atom stereocenters. The van der Waals surface area contributed by atoms with Crippen molar-refractivity contribution >= 4 is 15.9 Å². The zero-order valence-corrected chi connectivity index (χ0v) is 9.62. The molecule has 0 aliphatic heterocycles. The van der Waals surface area contributed by atoms with Crippen molar-refractivity contribution in [2.45, 2.75) is 0 Å². The first-order valence-corrected chi connectivity index (χ1v) is 6.30. The number of pyridine rings is 1. The second-order valence-electron chi connectivity index (χ2n) is 3.01. The van der Waals surface area contributed by atoms with E-state index in [4.69, 9.17) is 0 Å². The molecule has 1 aromatic heterocycles. The van der Waals surface area contributed by atoms with Crippen LogP contribution in [0.1, 0.15) is 10.4 Å². The van der Waals surface area contributed by atoms with Gasteiger partial charge in [-0.15, -0.1) is 0 Å². The van der Waals surface area contributed by atoms with Gasteiger partial charge in [-0.05, 0) is 19.2 Å². The maximum absolute atomic E-state index is 11.5. The normalized spacial score (nSPS) is 11.1. The second kappa shape index (κ2) is 5.57. The highest BCUT2D eigenvalue weighted by Gasteiger charge is 2.08. The summed E-state index contributed by atoms with van der Waals surface area (Å²) in [5, 5.41) is 2.50. The Morgan fingerprint density at radius 3 is 2.56 bits per heavy atom. The largest absolute Gasteiger partial charge is 0.351 e. The number of hydrogen-bond acceptors (Lipinski definition) is 4. The highest BCUT2D eigenvalue weighted by atomic mass is 32.2. The molecule has 6 nitrogen and oxygen atoms in total. The lowest BCUT2D eigenvalue weighted by Gasteiger charge is -2.05. The van der Waals surface area contributed by atoms with Crippen LogP contribution in [-0.4, -0.2) is 38.7 Å². The molecule has 0 atom stereocenters. The van der Waals surface area contributed by atoms with Crippen molar-refractivity contribution in [2.75, 3.05) is 19.3 Å². The number of nitrogens with zero attached hydrogens (tertiary/aromatic N) is 1. The van der Waals surface area contributed by atoms with Gasteiger partial charge >= 0.3 is 0 Å². The number of rotatable bonds is 5. The Bertz CT molecular complexity index is 444. The van der Waals surface area contributed by atoms with Crippen LogP contribution in [0.3, 0.4) is 0 Å². The summed E-state index contributed by atoms with van der Waals surface area (Å²) in [5.41, 5.74) is 0.455. The van der Waals surface area contributed by atoms with E-state index in [-0.39, 0.29) is 18.2 Å². The lowest BCUT2D eigenvalue weighted by Crippen LogP contribution is -2.32. The predicted octanol–water partition coefficient (Wildman–Crippen LogP) is -0.639. The van der Waals surface area contributed by atoms with Crippen LogP contribution in [0, 0.1) is 0 Å². The van der Waals surface area contributed by atoms with Gasteiger partial charge in [0.2, 0.25) is 10.0 Å². The standard InChI is InChI=1S/C9H13N3O3S/c1-10-16(14,15)7-6-12-9(13)8-2-4-11-5-3-8/h2-5,10H,6-7H2,1H3,(H,12,13). The molecule has 1 rings (SSSR count). The minimum absolute atomic E-state index is 0.0737. The van der Waals surface area contributed by atoms with Gasteiger partial charge in [-0.1, -0.05) is 0 Å². The van der Waals surface area contributed by atoms with Crippen molar-refractivity contribution in [3.63, 3.8) is 0 Å². The van der Waals surface area contributed by atoms with E-state index in [1.165, 1.54) is 19.4 Å². The van der Waals surface area contributed by atoms with E-state index >= 15 is 0 Å². The predicted molar refractivity (Wildman–Crippen MR) is 59.4 cm³/mol. The zero-order chi connectivity index (χ0) is 12.0. The maximum atomic E-state index is 11.5. The van der Waals surface area contributed by atoms with Gasteiger partial charge in [0.15, 0.2) is 0 Å². The number of hydrogen-bond donors (Lipinski definition) is 2. The zero-order valence-electron chi connectivity index (χ0n) is 8.80. The fourth-order valence-corrected chi connectivity index (χ4v) is 1.58. The molecule has 0 saturated carbocycles. The quantitative estimate of drug-likeness (QED) is 0.720. The fourth-order valence-electron chi connectivity index (χ4n) is 1.01. The van der Waals surface area contributed by atoms with Gasteiger partial charge in [-0.25, -0.2) is 13.1 Å². The molecule has 7 heteroatoms. The SMILES string of the molecule is CNS(=O)(=O)CCNC(=O)c1ccncc1. The lowest BCUT2D eigenvalue weighted by atomic mass is 10.2. The summed E-state index contributed by atoms with van der Waals surface area (Å²) in [6.45, 7) is 0.0737. The molecule has 1 aromatic rings. The molecular weight excluding hydrogens is 230 g/mol. The maximum Gasteiger partial charge on any atom is 0.251 e. The van der Waals surface area contributed by atoms with Gasteiger partial charge in [0.25, 0.3) is 5.91 Å². The number of aromatic nitrogens is 1. The Balaban J connectivity index is 2.43. The van der Waals surface area contributed by atoms with E-state index in [9.17, 15) is 13.2 Å². The Labute approximate surface area is 94.1 Å². The van der Waals surface area contributed by atoms with Gasteiger partial charge < -0.3 is 5.32 Å². The second-order valence-corrected chi connectivity index (χ2v) is 5.06. The molecule has 2 N–H and O–H groups in total. The number of carbonyl (C=O) groups excluding carboxylic acids is 1. The van der Waals surface area contributed by atoms with Gasteiger partial charge in [-0.2, -0.15) is 0 Å². The molecule has 16 heavy (non-hydrogen) atoms. The van der Waals surface area contributed by atoms with Crippen LogP contribution in [-0.2, 0) is 10.0 Å². The first-order valence-electron chi connectivity index (χ1n) is 4.64. The topological polar surface area (TPSA) is 88.2 Å². The van der Waals surface area contributed by atoms with Crippen LogP contribution in [0.5, 0.6) is 0 Å². The van der Waals surface area contributed by atoms with Gasteiger partial charge in [0.05, 0.1) is 5.75 Å². The van der Waals surface area contributed by atoms with Crippen LogP contribution < -0.4 is 10.0 Å². The number of sulfonamides is 1. The molecule has 0 radical (unpaired) electrons. The molecule has 1 heterocycles. The number of amides is 1. The summed E-state index contributed by atoms with van der Waals surface area (Å²) in [5.74, 6) is -0.450. The van der Waals surface area contributed by atoms with E-state index in [2.05, 4.69) is 15.0 Å². The number of nitrogens with one attached hydrogen (secondary N) is 2. The van der Waals surface area contributed by atoms with E-state index < -0.39 is 10.0 Å². The van der Waals surface area contributed by atoms with E-state index in [1.54, 1.807) is 12.1 Å². The van der Waals surface area contributed by atoms with Crippen LogP contribution in [0.25, 0.3) is 0 Å². The third-order valence-corrected chi connectivity index (χ3v) is 3.27. The Hall–Kier alpha value is -1.47. The molecule has 88 valence electrons. The summed E-state index contributed by atoms with van der Waals surface area (Å²) >= 11 is 0. The Kier molecular flexibility index (Phi) is 4.39. The third-order valence-electron chi connectivity index (χ3n) is 1.91. The molecule has 0 saturated heterocycles. The van der Waals surface area contributed by atoms with E-state index in [0.29, 0.717) is 5.56 Å². The van der Waals surface area contributed by atoms with Gasteiger partial charge in [-0.3, -0.25) is 9.78 Å². The Morgan fingerprint density at radius 1 is 1.38 bits per heavy atom. The summed E-state index contributed by atoms with van der Waals surface area (Å²) in [7, 11) is -1.94. The summed E-state index contributed by atoms with van der Waals surface area (Å²) < 4.78 is 24.3. The van der Waals surface area contributed by atoms with Gasteiger partial charge in [0.1, 0.15) is 0 Å². The summed E-state index contributed by atoms with van der Waals surface area (Å²) in [6, 6.07) is 3.11. The summed E-state index contributed by atoms with van der Waals surface area (Å²) in [6.07, 6.45) is 3.00. The average molecular weight is 243 g/mol. The van der Waals surface area contributed by atoms with Gasteiger partial charge in [0, 0.05) is 24.5 Å². The highest BCUT2D eigenvalue weighted by Crippen LogP contribution is 1.95. The first-order chi connectivity index (χ1) is 7.55. The van der Waals surface area contributed by atoms with Crippen molar-refractivity contribution in [3.05, 3.63) is 30.1 Å². The molecule has 0 aromatic carbocycles. The Morgan fingerprint density at radius 2 is 2.00 bits per heavy atom.